The average molecular weight is 253 g/mol. The van der Waals surface area contributed by atoms with E-state index in [1.807, 2.05) is 13.8 Å². The second-order valence-corrected chi connectivity index (χ2v) is 6.09. The van der Waals surface area contributed by atoms with Crippen LogP contribution in [0.15, 0.2) is 0 Å². The Kier molecular flexibility index (Phi) is 2.94. The number of hydrogen-bond donors (Lipinski definition) is 1. The molecule has 4 rings (SSSR count). The van der Waals surface area contributed by atoms with Crippen molar-refractivity contribution in [2.24, 2.45) is 0 Å². The molecule has 2 atom stereocenters. The summed E-state index contributed by atoms with van der Waals surface area (Å²) >= 11 is 1.68. The van der Waals surface area contributed by atoms with Crippen molar-refractivity contribution in [3.05, 3.63) is 15.6 Å². The van der Waals surface area contributed by atoms with Crippen molar-refractivity contribution in [2.75, 3.05) is 32.7 Å². The molecule has 5 heteroatoms. The van der Waals surface area contributed by atoms with Crippen LogP contribution < -0.4 is 0 Å². The van der Waals surface area contributed by atoms with Crippen LogP contribution >= 0.6 is 11.3 Å². The van der Waals surface area contributed by atoms with E-state index in [9.17, 15) is 5.11 Å². The normalized spacial score (nSPS) is 33.9. The minimum Gasteiger partial charge on any atom is -0.388 e. The first-order valence-electron chi connectivity index (χ1n) is 6.27. The fraction of sp³-hybridized carbons (Fsp3) is 0.750. The molecule has 3 fully saturated rings. The highest BCUT2D eigenvalue weighted by molar-refractivity contribution is 7.11. The molecule has 17 heavy (non-hydrogen) atoms. The van der Waals surface area contributed by atoms with Gasteiger partial charge in [0.1, 0.15) is 5.01 Å². The lowest BCUT2D eigenvalue weighted by molar-refractivity contribution is 0.0122. The molecule has 1 aromatic heterocycles. The summed E-state index contributed by atoms with van der Waals surface area (Å²) in [6, 6.07) is 0.452. The third-order valence-electron chi connectivity index (χ3n) is 3.79. The SMILES string of the molecule is Cc1nc(C2CN3CCN2CC3)sc1C(C)O. The van der Waals surface area contributed by atoms with Gasteiger partial charge in [0.2, 0.25) is 0 Å². The van der Waals surface area contributed by atoms with Crippen LogP contribution in [-0.4, -0.2) is 52.6 Å². The van der Waals surface area contributed by atoms with E-state index >= 15 is 0 Å². The Morgan fingerprint density at radius 1 is 1.35 bits per heavy atom. The summed E-state index contributed by atoms with van der Waals surface area (Å²) in [4.78, 5) is 10.7. The van der Waals surface area contributed by atoms with Crippen molar-refractivity contribution in [3.63, 3.8) is 0 Å². The van der Waals surface area contributed by atoms with Crippen molar-refractivity contribution < 1.29 is 5.11 Å². The molecule has 3 aliphatic rings. The van der Waals surface area contributed by atoms with Crippen LogP contribution in [0.25, 0.3) is 0 Å². The molecule has 1 aromatic rings. The molecule has 0 spiro atoms. The summed E-state index contributed by atoms with van der Waals surface area (Å²) in [6.45, 7) is 9.64. The molecule has 4 nitrogen and oxygen atoms in total. The van der Waals surface area contributed by atoms with Crippen molar-refractivity contribution in [1.29, 1.82) is 0 Å². The van der Waals surface area contributed by atoms with E-state index in [1.165, 1.54) is 18.1 Å². The molecule has 0 amide bonds. The summed E-state index contributed by atoms with van der Waals surface area (Å²) < 4.78 is 0. The number of piperazine rings is 3. The van der Waals surface area contributed by atoms with E-state index in [-0.39, 0.29) is 0 Å². The minimum atomic E-state index is -0.391. The lowest BCUT2D eigenvalue weighted by Crippen LogP contribution is -2.56. The number of aliphatic hydroxyl groups is 1. The van der Waals surface area contributed by atoms with Gasteiger partial charge in [-0.15, -0.1) is 11.3 Å². The monoisotopic (exact) mass is 253 g/mol. The average Bonchev–Trinajstić information content (AvgIpc) is 2.73. The van der Waals surface area contributed by atoms with Crippen LogP contribution in [0, 0.1) is 6.92 Å². The van der Waals surface area contributed by atoms with Gasteiger partial charge in [0.25, 0.3) is 0 Å². The molecule has 0 aliphatic carbocycles. The third-order valence-corrected chi connectivity index (χ3v) is 5.22. The van der Waals surface area contributed by atoms with Crippen molar-refractivity contribution in [2.45, 2.75) is 26.0 Å². The zero-order valence-corrected chi connectivity index (χ0v) is 11.2. The zero-order chi connectivity index (χ0) is 12.0. The molecule has 0 aromatic carbocycles. The van der Waals surface area contributed by atoms with Gasteiger partial charge in [-0.3, -0.25) is 9.80 Å². The second-order valence-electron chi connectivity index (χ2n) is 5.03. The highest BCUT2D eigenvalue weighted by Crippen LogP contribution is 2.34. The van der Waals surface area contributed by atoms with Gasteiger partial charge in [-0.05, 0) is 13.8 Å². The molecule has 4 heterocycles. The molecule has 3 aliphatic heterocycles. The fourth-order valence-corrected chi connectivity index (χ4v) is 3.94. The summed E-state index contributed by atoms with van der Waals surface area (Å²) in [5, 5.41) is 10.9. The Labute approximate surface area is 106 Å². The second kappa shape index (κ2) is 4.31. The molecule has 1 N–H and O–H groups in total. The molecule has 0 saturated carbocycles. The van der Waals surface area contributed by atoms with E-state index in [0.717, 1.165) is 30.2 Å². The van der Waals surface area contributed by atoms with Crippen molar-refractivity contribution in [3.8, 4) is 0 Å². The molecule has 2 unspecified atom stereocenters. The van der Waals surface area contributed by atoms with E-state index in [2.05, 4.69) is 14.8 Å². The smallest absolute Gasteiger partial charge is 0.112 e. The number of aliphatic hydroxyl groups excluding tert-OH is 1. The zero-order valence-electron chi connectivity index (χ0n) is 10.4. The quantitative estimate of drug-likeness (QED) is 0.859. The maximum Gasteiger partial charge on any atom is 0.112 e. The number of hydrogen-bond acceptors (Lipinski definition) is 5. The summed E-state index contributed by atoms with van der Waals surface area (Å²) in [6.07, 6.45) is -0.391. The summed E-state index contributed by atoms with van der Waals surface area (Å²) in [7, 11) is 0. The Balaban J connectivity index is 1.87. The van der Waals surface area contributed by atoms with Crippen LogP contribution in [0.5, 0.6) is 0 Å². The maximum absolute atomic E-state index is 9.69. The van der Waals surface area contributed by atoms with Crippen LogP contribution in [0.2, 0.25) is 0 Å². The molecular weight excluding hydrogens is 234 g/mol. The third kappa shape index (κ3) is 2.01. The maximum atomic E-state index is 9.69. The van der Waals surface area contributed by atoms with Crippen LogP contribution in [0.4, 0.5) is 0 Å². The highest BCUT2D eigenvalue weighted by Gasteiger charge is 2.34. The number of aryl methyl sites for hydroxylation is 1. The topological polar surface area (TPSA) is 39.6 Å². The summed E-state index contributed by atoms with van der Waals surface area (Å²) in [5.41, 5.74) is 0.998. The Hall–Kier alpha value is -0.490. The van der Waals surface area contributed by atoms with Crippen LogP contribution in [0.3, 0.4) is 0 Å². The Morgan fingerprint density at radius 3 is 2.53 bits per heavy atom. The first-order valence-corrected chi connectivity index (χ1v) is 7.08. The molecule has 2 bridgehead atoms. The van der Waals surface area contributed by atoms with Gasteiger partial charge in [-0.1, -0.05) is 0 Å². The van der Waals surface area contributed by atoms with E-state index in [0.29, 0.717) is 6.04 Å². The number of nitrogens with zero attached hydrogens (tertiary/aromatic N) is 3. The van der Waals surface area contributed by atoms with Gasteiger partial charge < -0.3 is 5.11 Å². The van der Waals surface area contributed by atoms with Gasteiger partial charge in [0, 0.05) is 32.7 Å². The van der Waals surface area contributed by atoms with Gasteiger partial charge >= 0.3 is 0 Å². The lowest BCUT2D eigenvalue weighted by atomic mass is 10.1. The highest BCUT2D eigenvalue weighted by atomic mass is 32.1. The first-order chi connectivity index (χ1) is 8.15. The van der Waals surface area contributed by atoms with Gasteiger partial charge in [0.15, 0.2) is 0 Å². The molecule has 3 saturated heterocycles. The van der Waals surface area contributed by atoms with E-state index < -0.39 is 6.10 Å². The van der Waals surface area contributed by atoms with Crippen molar-refractivity contribution in [1.82, 2.24) is 14.8 Å². The molecular formula is C12H19N3OS. The van der Waals surface area contributed by atoms with Gasteiger partial charge in [0.05, 0.1) is 22.7 Å². The lowest BCUT2D eigenvalue weighted by Gasteiger charge is -2.46. The number of fused-ring (bicyclic) bond motifs is 3. The fourth-order valence-electron chi connectivity index (χ4n) is 2.81. The predicted octanol–water partition coefficient (Wildman–Crippen LogP) is 1.18. The van der Waals surface area contributed by atoms with Crippen LogP contribution in [0.1, 0.15) is 34.6 Å². The standard InChI is InChI=1S/C12H19N3OS/c1-8-11(9(2)16)17-12(13-8)10-7-14-3-5-15(10)6-4-14/h9-10,16H,3-7H2,1-2H3. The minimum absolute atomic E-state index is 0.391. The van der Waals surface area contributed by atoms with Gasteiger partial charge in [-0.2, -0.15) is 0 Å². The van der Waals surface area contributed by atoms with E-state index in [4.69, 9.17) is 0 Å². The number of rotatable bonds is 2. The Bertz CT molecular complexity index is 410. The number of thiazole rings is 1. The molecule has 0 radical (unpaired) electrons. The largest absolute Gasteiger partial charge is 0.388 e. The van der Waals surface area contributed by atoms with Crippen molar-refractivity contribution >= 4 is 11.3 Å². The number of aromatic nitrogens is 1. The van der Waals surface area contributed by atoms with E-state index in [1.54, 1.807) is 11.3 Å². The molecule has 94 valence electrons. The summed E-state index contributed by atoms with van der Waals surface area (Å²) in [5.74, 6) is 0. The predicted molar refractivity (Wildman–Crippen MR) is 68.2 cm³/mol. The van der Waals surface area contributed by atoms with Crippen LogP contribution in [-0.2, 0) is 0 Å². The Morgan fingerprint density at radius 2 is 2.06 bits per heavy atom. The first kappa shape index (κ1) is 11.6. The van der Waals surface area contributed by atoms with Gasteiger partial charge in [-0.25, -0.2) is 4.98 Å².